The summed E-state index contributed by atoms with van der Waals surface area (Å²) in [6.07, 6.45) is 3.09. The number of likely N-dealkylation sites (N-methyl/N-ethyl adjacent to an activating group) is 1. The lowest BCUT2D eigenvalue weighted by Crippen LogP contribution is -2.55. The zero-order valence-electron chi connectivity index (χ0n) is 18.6. The molecule has 1 aliphatic rings. The maximum Gasteiger partial charge on any atom is 0.238 e. The number of carbonyl (C=O) groups is 3. The number of rotatable bonds is 7. The van der Waals surface area contributed by atoms with E-state index in [1.807, 2.05) is 23.1 Å². The number of benzene rings is 1. The van der Waals surface area contributed by atoms with Gasteiger partial charge in [0.25, 0.3) is 0 Å². The van der Waals surface area contributed by atoms with E-state index in [-0.39, 0.29) is 24.3 Å². The fourth-order valence-electron chi connectivity index (χ4n) is 4.12. The molecule has 9 nitrogen and oxygen atoms in total. The van der Waals surface area contributed by atoms with Crippen LogP contribution < -0.4 is 20.7 Å². The van der Waals surface area contributed by atoms with E-state index in [0.29, 0.717) is 42.3 Å². The summed E-state index contributed by atoms with van der Waals surface area (Å²) < 4.78 is 5.24. The zero-order chi connectivity index (χ0) is 23.1. The Morgan fingerprint density at radius 3 is 2.62 bits per heavy atom. The Morgan fingerprint density at radius 1 is 1.16 bits per heavy atom. The van der Waals surface area contributed by atoms with Gasteiger partial charge in [0.15, 0.2) is 0 Å². The predicted molar refractivity (Wildman–Crippen MR) is 122 cm³/mol. The third-order valence-corrected chi connectivity index (χ3v) is 5.57. The van der Waals surface area contributed by atoms with E-state index >= 15 is 0 Å². The molecule has 170 valence electrons. The van der Waals surface area contributed by atoms with Gasteiger partial charge in [-0.1, -0.05) is 6.07 Å². The highest BCUT2D eigenvalue weighted by atomic mass is 16.5. The molecule has 1 aromatic carbocycles. The topological polar surface area (TPSA) is 113 Å². The quantitative estimate of drug-likeness (QED) is 0.606. The molecule has 0 bridgehead atoms. The molecule has 1 atom stereocenters. The summed E-state index contributed by atoms with van der Waals surface area (Å²) in [4.78, 5) is 43.7. The van der Waals surface area contributed by atoms with Crippen LogP contribution in [0.5, 0.6) is 5.75 Å². The van der Waals surface area contributed by atoms with Crippen molar-refractivity contribution in [1.29, 1.82) is 0 Å². The number of pyridine rings is 1. The third-order valence-electron chi connectivity index (χ3n) is 5.57. The molecule has 0 aliphatic carbocycles. The molecule has 1 fully saturated rings. The Labute approximate surface area is 187 Å². The second kappa shape index (κ2) is 10.2. The van der Waals surface area contributed by atoms with Crippen molar-refractivity contribution in [3.63, 3.8) is 0 Å². The van der Waals surface area contributed by atoms with Crippen LogP contribution in [0.4, 0.5) is 11.4 Å². The van der Waals surface area contributed by atoms with Crippen LogP contribution in [0.15, 0.2) is 42.6 Å². The maximum absolute atomic E-state index is 12.9. The van der Waals surface area contributed by atoms with Gasteiger partial charge < -0.3 is 20.7 Å². The predicted octanol–water partition coefficient (Wildman–Crippen LogP) is 1.77. The van der Waals surface area contributed by atoms with Crippen molar-refractivity contribution in [1.82, 2.24) is 15.2 Å². The van der Waals surface area contributed by atoms with Crippen molar-refractivity contribution >= 4 is 29.1 Å². The van der Waals surface area contributed by atoms with E-state index in [4.69, 9.17) is 4.74 Å². The van der Waals surface area contributed by atoms with E-state index in [0.717, 1.165) is 6.42 Å². The smallest absolute Gasteiger partial charge is 0.238 e. The summed E-state index contributed by atoms with van der Waals surface area (Å²) in [5.74, 6) is -0.0470. The summed E-state index contributed by atoms with van der Waals surface area (Å²) in [5.41, 5.74) is 0.818. The Hall–Kier alpha value is -3.46. The molecule has 1 saturated heterocycles. The van der Waals surface area contributed by atoms with E-state index in [1.54, 1.807) is 31.4 Å². The van der Waals surface area contributed by atoms with Crippen LogP contribution in [0.3, 0.4) is 0 Å². The van der Waals surface area contributed by atoms with Crippen molar-refractivity contribution in [2.24, 2.45) is 0 Å². The summed E-state index contributed by atoms with van der Waals surface area (Å²) in [6, 6.07) is 10.6. The number of nitrogens with zero attached hydrogens (tertiary/aromatic N) is 2. The average molecular weight is 440 g/mol. The Morgan fingerprint density at radius 2 is 1.97 bits per heavy atom. The van der Waals surface area contributed by atoms with E-state index in [1.165, 1.54) is 14.0 Å². The maximum atomic E-state index is 12.9. The van der Waals surface area contributed by atoms with Gasteiger partial charge in [0.1, 0.15) is 11.2 Å². The van der Waals surface area contributed by atoms with E-state index < -0.39 is 5.41 Å². The molecule has 3 N–H and O–H groups in total. The highest BCUT2D eigenvalue weighted by Gasteiger charge is 2.44. The number of carbonyl (C=O) groups excluding carboxylic acids is 3. The standard InChI is InChI=1S/C23H29N5O4/c1-16(29)26-18-9-8-17(32-3)13-19(18)27-21(30)14-28-12-6-10-23(15-28,22(31)24-2)20-7-4-5-11-25-20/h4-5,7-9,11,13H,6,10,12,14-15H2,1-3H3,(H,24,31)(H,26,29)(H,27,30)/t23-/m0/s1. The largest absolute Gasteiger partial charge is 0.497 e. The fraction of sp³-hybridized carbons (Fsp3) is 0.391. The van der Waals surface area contributed by atoms with Crippen LogP contribution in [0, 0.1) is 0 Å². The van der Waals surface area contributed by atoms with Gasteiger partial charge in [0.05, 0.1) is 30.7 Å². The van der Waals surface area contributed by atoms with Crippen LogP contribution in [0.25, 0.3) is 0 Å². The highest BCUT2D eigenvalue weighted by molar-refractivity contribution is 6.00. The first-order valence-electron chi connectivity index (χ1n) is 10.5. The minimum atomic E-state index is -0.814. The number of likely N-dealkylation sites (tertiary alicyclic amines) is 1. The number of hydrogen-bond donors (Lipinski definition) is 3. The van der Waals surface area contributed by atoms with Crippen molar-refractivity contribution in [2.45, 2.75) is 25.2 Å². The van der Waals surface area contributed by atoms with Crippen LogP contribution in [0.2, 0.25) is 0 Å². The summed E-state index contributed by atoms with van der Waals surface area (Å²) in [7, 11) is 3.15. The number of ether oxygens (including phenoxy) is 1. The molecule has 9 heteroatoms. The number of aromatic nitrogens is 1. The number of nitrogens with one attached hydrogen (secondary N) is 3. The van der Waals surface area contributed by atoms with Crippen LogP contribution >= 0.6 is 0 Å². The third kappa shape index (κ3) is 5.23. The fourth-order valence-corrected chi connectivity index (χ4v) is 4.12. The molecular formula is C23H29N5O4. The SMILES string of the molecule is CNC(=O)[C@@]1(c2ccccn2)CCCN(CC(=O)Nc2cc(OC)ccc2NC(C)=O)C1. The van der Waals surface area contributed by atoms with Gasteiger partial charge in [-0.3, -0.25) is 24.3 Å². The minimum Gasteiger partial charge on any atom is -0.497 e. The number of hydrogen-bond acceptors (Lipinski definition) is 6. The Bertz CT molecular complexity index is 982. The summed E-state index contributed by atoms with van der Waals surface area (Å²) in [5, 5.41) is 8.33. The Balaban J connectivity index is 1.77. The minimum absolute atomic E-state index is 0.0995. The lowest BCUT2D eigenvalue weighted by molar-refractivity contribution is -0.130. The van der Waals surface area contributed by atoms with Gasteiger partial charge in [0, 0.05) is 32.8 Å². The highest BCUT2D eigenvalue weighted by Crippen LogP contribution is 2.33. The van der Waals surface area contributed by atoms with Crippen molar-refractivity contribution in [3.05, 3.63) is 48.3 Å². The van der Waals surface area contributed by atoms with Gasteiger partial charge >= 0.3 is 0 Å². The molecule has 2 heterocycles. The summed E-state index contributed by atoms with van der Waals surface area (Å²) in [6.45, 7) is 2.57. The molecule has 32 heavy (non-hydrogen) atoms. The second-order valence-corrected chi connectivity index (χ2v) is 7.83. The number of amides is 3. The first-order valence-corrected chi connectivity index (χ1v) is 10.5. The molecule has 1 aliphatic heterocycles. The first-order chi connectivity index (χ1) is 15.4. The lowest BCUT2D eigenvalue weighted by atomic mass is 9.75. The van der Waals surface area contributed by atoms with Gasteiger partial charge in [-0.2, -0.15) is 0 Å². The molecule has 3 rings (SSSR count). The molecule has 1 aromatic heterocycles. The molecule has 3 amide bonds. The van der Waals surface area contributed by atoms with Crippen molar-refractivity contribution in [2.75, 3.05) is 44.4 Å². The molecule has 0 saturated carbocycles. The Kier molecular flexibility index (Phi) is 7.42. The average Bonchev–Trinajstić information content (AvgIpc) is 2.80. The first kappa shape index (κ1) is 23.2. The number of piperidine rings is 1. The van der Waals surface area contributed by atoms with Gasteiger partial charge in [0.2, 0.25) is 17.7 Å². The lowest BCUT2D eigenvalue weighted by Gasteiger charge is -2.40. The van der Waals surface area contributed by atoms with Crippen LogP contribution in [-0.2, 0) is 19.8 Å². The molecule has 0 unspecified atom stereocenters. The normalized spacial score (nSPS) is 18.5. The molecule has 0 radical (unpaired) electrons. The number of anilines is 2. The molecular weight excluding hydrogens is 410 g/mol. The molecule has 0 spiro atoms. The van der Waals surface area contributed by atoms with E-state index in [9.17, 15) is 14.4 Å². The van der Waals surface area contributed by atoms with Crippen LogP contribution in [0.1, 0.15) is 25.5 Å². The zero-order valence-corrected chi connectivity index (χ0v) is 18.6. The second-order valence-electron chi connectivity index (χ2n) is 7.83. The summed E-state index contributed by atoms with van der Waals surface area (Å²) >= 11 is 0. The monoisotopic (exact) mass is 439 g/mol. The van der Waals surface area contributed by atoms with Gasteiger partial charge in [-0.05, 0) is 43.7 Å². The van der Waals surface area contributed by atoms with E-state index in [2.05, 4.69) is 20.9 Å². The van der Waals surface area contributed by atoms with Crippen LogP contribution in [-0.4, -0.2) is 61.4 Å². The van der Waals surface area contributed by atoms with Crippen molar-refractivity contribution < 1.29 is 19.1 Å². The van der Waals surface area contributed by atoms with Crippen molar-refractivity contribution in [3.8, 4) is 5.75 Å². The van der Waals surface area contributed by atoms with Gasteiger partial charge in [-0.15, -0.1) is 0 Å². The van der Waals surface area contributed by atoms with Gasteiger partial charge in [-0.25, -0.2) is 0 Å². The number of methoxy groups -OCH3 is 1. The molecule has 2 aromatic rings.